The van der Waals surface area contributed by atoms with Crippen molar-refractivity contribution in [2.45, 2.75) is 44.7 Å². The van der Waals surface area contributed by atoms with E-state index in [0.29, 0.717) is 17.1 Å². The van der Waals surface area contributed by atoms with Gasteiger partial charge < -0.3 is 22.1 Å². The first-order chi connectivity index (χ1) is 14.9. The van der Waals surface area contributed by atoms with E-state index in [2.05, 4.69) is 30.8 Å². The van der Waals surface area contributed by atoms with Crippen molar-refractivity contribution in [1.82, 2.24) is 25.0 Å². The van der Waals surface area contributed by atoms with Gasteiger partial charge in [0.05, 0.1) is 35.5 Å². The van der Waals surface area contributed by atoms with E-state index >= 15 is 0 Å². The number of aromatic nitrogens is 5. The smallest absolute Gasteiger partial charge is 0.252 e. The molecule has 2 atom stereocenters. The number of anilines is 3. The SMILES string of the molecule is Cc1ncc(Nc2nc(NC3CCCC[C@@H]3N)c(F)cc2C(N)=O)cc1-n1nccn1. The van der Waals surface area contributed by atoms with Crippen molar-refractivity contribution in [3.8, 4) is 5.69 Å². The number of carbonyl (C=O) groups excluding carboxylic acids is 1. The van der Waals surface area contributed by atoms with Crippen LogP contribution in [0.3, 0.4) is 0 Å². The summed E-state index contributed by atoms with van der Waals surface area (Å²) in [5, 5.41) is 14.3. The lowest BCUT2D eigenvalue weighted by Crippen LogP contribution is -2.43. The molecule has 0 radical (unpaired) electrons. The lowest BCUT2D eigenvalue weighted by Gasteiger charge is -2.30. The fraction of sp³-hybridized carbons (Fsp3) is 0.350. The molecule has 3 aromatic heterocycles. The molecule has 6 N–H and O–H groups in total. The van der Waals surface area contributed by atoms with Crippen LogP contribution in [0.25, 0.3) is 5.69 Å². The molecule has 31 heavy (non-hydrogen) atoms. The van der Waals surface area contributed by atoms with E-state index in [9.17, 15) is 9.18 Å². The van der Waals surface area contributed by atoms with Crippen LogP contribution in [-0.4, -0.2) is 43.0 Å². The predicted molar refractivity (Wildman–Crippen MR) is 114 cm³/mol. The maximum atomic E-state index is 14.7. The summed E-state index contributed by atoms with van der Waals surface area (Å²) in [4.78, 5) is 22.0. The van der Waals surface area contributed by atoms with E-state index in [1.165, 1.54) is 4.80 Å². The summed E-state index contributed by atoms with van der Waals surface area (Å²) in [6, 6.07) is 2.64. The highest BCUT2D eigenvalue weighted by Crippen LogP contribution is 2.27. The number of pyridine rings is 2. The van der Waals surface area contributed by atoms with Crippen LogP contribution in [0.15, 0.2) is 30.7 Å². The van der Waals surface area contributed by atoms with Crippen molar-refractivity contribution in [2.24, 2.45) is 11.5 Å². The monoisotopic (exact) mass is 425 g/mol. The Morgan fingerprint density at radius 3 is 2.65 bits per heavy atom. The van der Waals surface area contributed by atoms with Gasteiger partial charge in [-0.1, -0.05) is 12.8 Å². The van der Waals surface area contributed by atoms with E-state index in [4.69, 9.17) is 11.5 Å². The van der Waals surface area contributed by atoms with Gasteiger partial charge in [-0.15, -0.1) is 4.80 Å². The molecule has 1 saturated carbocycles. The molecule has 4 rings (SSSR count). The van der Waals surface area contributed by atoms with Gasteiger partial charge >= 0.3 is 0 Å². The largest absolute Gasteiger partial charge is 0.365 e. The van der Waals surface area contributed by atoms with Gasteiger partial charge in [-0.05, 0) is 31.9 Å². The number of amides is 1. The third-order valence-electron chi connectivity index (χ3n) is 5.34. The van der Waals surface area contributed by atoms with Gasteiger partial charge in [0.15, 0.2) is 11.6 Å². The van der Waals surface area contributed by atoms with Crippen molar-refractivity contribution < 1.29 is 9.18 Å². The Labute approximate surface area is 178 Å². The Balaban J connectivity index is 1.67. The molecule has 0 aromatic carbocycles. The number of nitrogens with two attached hydrogens (primary N) is 2. The van der Waals surface area contributed by atoms with Crippen LogP contribution in [0.5, 0.6) is 0 Å². The van der Waals surface area contributed by atoms with Crippen LogP contribution in [0, 0.1) is 12.7 Å². The van der Waals surface area contributed by atoms with Crippen LogP contribution in [0.1, 0.15) is 41.7 Å². The number of halogens is 1. The normalized spacial score (nSPS) is 18.5. The fourth-order valence-corrected chi connectivity index (χ4v) is 3.66. The quantitative estimate of drug-likeness (QED) is 0.468. The van der Waals surface area contributed by atoms with E-state index < -0.39 is 11.7 Å². The maximum Gasteiger partial charge on any atom is 0.252 e. The van der Waals surface area contributed by atoms with Crippen molar-refractivity contribution in [2.75, 3.05) is 10.6 Å². The molecule has 3 heterocycles. The highest BCUT2D eigenvalue weighted by atomic mass is 19.1. The summed E-state index contributed by atoms with van der Waals surface area (Å²) in [5.74, 6) is -1.33. The van der Waals surface area contributed by atoms with Gasteiger partial charge in [0.2, 0.25) is 0 Å². The van der Waals surface area contributed by atoms with Crippen molar-refractivity contribution in [3.05, 3.63) is 47.8 Å². The van der Waals surface area contributed by atoms with E-state index in [-0.39, 0.29) is 29.3 Å². The van der Waals surface area contributed by atoms with Gasteiger partial charge in [-0.2, -0.15) is 10.2 Å². The Morgan fingerprint density at radius 2 is 1.94 bits per heavy atom. The van der Waals surface area contributed by atoms with Gasteiger partial charge in [0, 0.05) is 12.1 Å². The van der Waals surface area contributed by atoms with Crippen LogP contribution in [0.2, 0.25) is 0 Å². The molecule has 10 nitrogen and oxygen atoms in total. The van der Waals surface area contributed by atoms with Gasteiger partial charge in [-0.25, -0.2) is 9.37 Å². The molecule has 1 unspecified atom stereocenters. The van der Waals surface area contributed by atoms with Gasteiger partial charge in [0.25, 0.3) is 5.91 Å². The molecule has 0 aliphatic heterocycles. The average Bonchev–Trinajstić information content (AvgIpc) is 3.27. The lowest BCUT2D eigenvalue weighted by molar-refractivity contribution is 0.100. The average molecular weight is 425 g/mol. The Hall–Kier alpha value is -3.60. The summed E-state index contributed by atoms with van der Waals surface area (Å²) < 4.78 is 14.7. The molecule has 0 saturated heterocycles. The topological polar surface area (TPSA) is 150 Å². The number of nitrogens with zero attached hydrogens (tertiary/aromatic N) is 5. The van der Waals surface area contributed by atoms with E-state index in [0.717, 1.165) is 31.7 Å². The Morgan fingerprint density at radius 1 is 1.19 bits per heavy atom. The summed E-state index contributed by atoms with van der Waals surface area (Å²) >= 11 is 0. The number of hydrogen-bond acceptors (Lipinski definition) is 8. The Kier molecular flexibility index (Phi) is 5.76. The third-order valence-corrected chi connectivity index (χ3v) is 5.34. The first kappa shape index (κ1) is 20.7. The number of primary amides is 1. The molecule has 1 aliphatic carbocycles. The number of nitrogens with one attached hydrogen (secondary N) is 2. The zero-order valence-electron chi connectivity index (χ0n) is 17.0. The minimum absolute atomic E-state index is 0.0175. The summed E-state index contributed by atoms with van der Waals surface area (Å²) in [6.07, 6.45) is 8.43. The second kappa shape index (κ2) is 8.64. The third kappa shape index (κ3) is 4.45. The minimum Gasteiger partial charge on any atom is -0.365 e. The highest BCUT2D eigenvalue weighted by Gasteiger charge is 2.24. The number of rotatable bonds is 6. The molecule has 1 aliphatic rings. The minimum atomic E-state index is -0.802. The molecule has 1 amide bonds. The molecular weight excluding hydrogens is 401 g/mol. The van der Waals surface area contributed by atoms with E-state index in [1.54, 1.807) is 24.7 Å². The number of aryl methyl sites for hydroxylation is 1. The first-order valence-electron chi connectivity index (χ1n) is 10.0. The molecule has 1 fully saturated rings. The van der Waals surface area contributed by atoms with Crippen LogP contribution >= 0.6 is 0 Å². The summed E-state index contributed by atoms with van der Waals surface area (Å²) in [6.45, 7) is 1.82. The van der Waals surface area contributed by atoms with Crippen molar-refractivity contribution in [1.29, 1.82) is 0 Å². The molecule has 0 bridgehead atoms. The summed E-state index contributed by atoms with van der Waals surface area (Å²) in [7, 11) is 0. The summed E-state index contributed by atoms with van der Waals surface area (Å²) in [5.41, 5.74) is 13.4. The van der Waals surface area contributed by atoms with Crippen LogP contribution < -0.4 is 22.1 Å². The van der Waals surface area contributed by atoms with Gasteiger partial charge in [-0.3, -0.25) is 9.78 Å². The lowest BCUT2D eigenvalue weighted by atomic mass is 9.91. The standard InChI is InChI=1S/C20H24FN9O/c1-11-17(30-25-6-7-26-30)8-12(10-24-11)27-19-13(18(23)31)9-14(21)20(29-19)28-16-5-3-2-4-15(16)22/h6-10,15-16H,2-5,22H2,1H3,(H2,23,31)(H2,27,28,29)/t15-,16?/m0/s1. The molecule has 0 spiro atoms. The van der Waals surface area contributed by atoms with Crippen molar-refractivity contribution in [3.63, 3.8) is 0 Å². The second-order valence-electron chi connectivity index (χ2n) is 7.55. The predicted octanol–water partition coefficient (Wildman–Crippen LogP) is 2.03. The van der Waals surface area contributed by atoms with Crippen molar-refractivity contribution >= 4 is 23.2 Å². The zero-order valence-corrected chi connectivity index (χ0v) is 17.0. The highest BCUT2D eigenvalue weighted by molar-refractivity contribution is 5.98. The van der Waals surface area contributed by atoms with E-state index in [1.807, 2.05) is 6.92 Å². The molecule has 162 valence electrons. The fourth-order valence-electron chi connectivity index (χ4n) is 3.66. The second-order valence-corrected chi connectivity index (χ2v) is 7.55. The van der Waals surface area contributed by atoms with Crippen LogP contribution in [0.4, 0.5) is 21.7 Å². The van der Waals surface area contributed by atoms with Crippen LogP contribution in [-0.2, 0) is 0 Å². The number of carbonyl (C=O) groups is 1. The Bertz CT molecular complexity index is 1090. The molecule has 11 heteroatoms. The first-order valence-corrected chi connectivity index (χ1v) is 10.0. The molecular formula is C20H24FN9O. The number of hydrogen-bond donors (Lipinski definition) is 4. The maximum absolute atomic E-state index is 14.7. The van der Waals surface area contributed by atoms with Gasteiger partial charge in [0.1, 0.15) is 11.5 Å². The zero-order chi connectivity index (χ0) is 22.0. The molecule has 3 aromatic rings.